The average Bonchev–Trinajstić information content (AvgIpc) is 2.57. The molecule has 0 atom stereocenters. The monoisotopic (exact) mass is 279 g/mol. The number of aryl methyl sites for hydroxylation is 1. The van der Waals surface area contributed by atoms with Gasteiger partial charge in [0.1, 0.15) is 5.75 Å². The fourth-order valence-electron chi connectivity index (χ4n) is 2.27. The van der Waals surface area contributed by atoms with Gasteiger partial charge in [0.25, 0.3) is 0 Å². The van der Waals surface area contributed by atoms with Crippen LogP contribution in [0.2, 0.25) is 0 Å². The summed E-state index contributed by atoms with van der Waals surface area (Å²) in [6.07, 6.45) is 0. The van der Waals surface area contributed by atoms with Gasteiger partial charge in [0.05, 0.1) is 18.3 Å². The summed E-state index contributed by atoms with van der Waals surface area (Å²) in [4.78, 5) is 4.73. The number of hydrogen-bond acceptors (Lipinski definition) is 2. The minimum Gasteiger partial charge on any atom is -0.497 e. The molecule has 0 aliphatic rings. The number of pyridine rings is 1. The van der Waals surface area contributed by atoms with E-state index in [1.165, 1.54) is 10.9 Å². The Morgan fingerprint density at radius 2 is 1.62 bits per heavy atom. The van der Waals surface area contributed by atoms with Crippen LogP contribution in [0.3, 0.4) is 0 Å². The van der Waals surface area contributed by atoms with Gasteiger partial charge < -0.3 is 4.74 Å². The maximum absolute atomic E-state index is 5.27. The van der Waals surface area contributed by atoms with Crippen LogP contribution in [0.4, 0.5) is 0 Å². The minimum atomic E-state index is 0.838. The molecule has 1 heterocycles. The lowest BCUT2D eigenvalue weighted by molar-refractivity contribution is 0.415. The van der Waals surface area contributed by atoms with Crippen LogP contribution in [-0.2, 0) is 0 Å². The summed E-state index contributed by atoms with van der Waals surface area (Å²) in [7, 11) is 1.68. The van der Waals surface area contributed by atoms with Crippen molar-refractivity contribution in [1.29, 1.82) is 0 Å². The summed E-state index contributed by atoms with van der Waals surface area (Å²) in [5, 5.41) is 1.17. The van der Waals surface area contributed by atoms with E-state index in [2.05, 4.69) is 31.2 Å². The number of rotatable bonds is 2. The topological polar surface area (TPSA) is 22.1 Å². The van der Waals surface area contributed by atoms with Crippen molar-refractivity contribution < 1.29 is 4.74 Å². The van der Waals surface area contributed by atoms with Gasteiger partial charge in [-0.25, -0.2) is 4.98 Å². The summed E-state index contributed by atoms with van der Waals surface area (Å²) in [5.74, 6) is 0.838. The molecule has 0 aliphatic heterocycles. The maximum Gasteiger partial charge on any atom is 0.121 e. The normalized spacial score (nSPS) is 9.90. The first-order chi connectivity index (χ1) is 10.3. The Morgan fingerprint density at radius 1 is 0.905 bits per heavy atom. The van der Waals surface area contributed by atoms with Crippen molar-refractivity contribution in [1.82, 2.24) is 4.98 Å². The van der Waals surface area contributed by atoms with Crippen molar-refractivity contribution in [2.45, 2.75) is 20.8 Å². The highest BCUT2D eigenvalue weighted by molar-refractivity contribution is 5.86. The van der Waals surface area contributed by atoms with Gasteiger partial charge in [-0.05, 0) is 30.7 Å². The number of aromatic nitrogens is 1. The van der Waals surface area contributed by atoms with E-state index >= 15 is 0 Å². The lowest BCUT2D eigenvalue weighted by atomic mass is 10.1. The third-order valence-corrected chi connectivity index (χ3v) is 3.29. The molecule has 2 nitrogen and oxygen atoms in total. The van der Waals surface area contributed by atoms with Crippen molar-refractivity contribution in [3.8, 4) is 17.0 Å². The second-order valence-corrected chi connectivity index (χ2v) is 4.57. The number of hydrogen-bond donors (Lipinski definition) is 0. The Bertz CT molecular complexity index is 720. The minimum absolute atomic E-state index is 0.838. The first-order valence-corrected chi connectivity index (χ1v) is 7.29. The summed E-state index contributed by atoms with van der Waals surface area (Å²) < 4.78 is 5.27. The van der Waals surface area contributed by atoms with E-state index in [4.69, 9.17) is 9.72 Å². The zero-order chi connectivity index (χ0) is 15.2. The van der Waals surface area contributed by atoms with Crippen LogP contribution >= 0.6 is 0 Å². The molecule has 0 aliphatic carbocycles. The molecular weight excluding hydrogens is 258 g/mol. The molecule has 0 unspecified atom stereocenters. The van der Waals surface area contributed by atoms with E-state index in [-0.39, 0.29) is 0 Å². The van der Waals surface area contributed by atoms with Gasteiger partial charge in [-0.1, -0.05) is 44.2 Å². The summed E-state index contributed by atoms with van der Waals surface area (Å²) >= 11 is 0. The van der Waals surface area contributed by atoms with Crippen molar-refractivity contribution >= 4 is 10.9 Å². The maximum atomic E-state index is 5.27. The van der Waals surface area contributed by atoms with Crippen LogP contribution in [0, 0.1) is 6.92 Å². The molecule has 2 heteroatoms. The first kappa shape index (κ1) is 15.0. The van der Waals surface area contributed by atoms with Crippen LogP contribution in [0.5, 0.6) is 5.75 Å². The van der Waals surface area contributed by atoms with E-state index in [0.29, 0.717) is 0 Å². The molecule has 3 aromatic rings. The summed E-state index contributed by atoms with van der Waals surface area (Å²) in [5.41, 5.74) is 4.33. The Morgan fingerprint density at radius 3 is 2.29 bits per heavy atom. The molecule has 0 amide bonds. The van der Waals surface area contributed by atoms with Crippen molar-refractivity contribution in [3.05, 3.63) is 60.2 Å². The van der Waals surface area contributed by atoms with Gasteiger partial charge in [-0.2, -0.15) is 0 Å². The number of benzene rings is 2. The Balaban J connectivity index is 0.000000774. The molecule has 0 saturated carbocycles. The van der Waals surface area contributed by atoms with Gasteiger partial charge in [0, 0.05) is 17.0 Å². The van der Waals surface area contributed by atoms with Gasteiger partial charge in [-0.15, -0.1) is 0 Å². The largest absolute Gasteiger partial charge is 0.497 e. The second-order valence-electron chi connectivity index (χ2n) is 4.57. The lowest BCUT2D eigenvalue weighted by Gasteiger charge is -2.08. The molecule has 2 aromatic carbocycles. The highest BCUT2D eigenvalue weighted by Gasteiger charge is 2.05. The Kier molecular flexibility index (Phi) is 4.94. The van der Waals surface area contributed by atoms with Gasteiger partial charge in [0.2, 0.25) is 0 Å². The number of ether oxygens (including phenoxy) is 1. The predicted octanol–water partition coefficient (Wildman–Crippen LogP) is 5.25. The third kappa shape index (κ3) is 3.22. The van der Waals surface area contributed by atoms with Gasteiger partial charge >= 0.3 is 0 Å². The molecule has 21 heavy (non-hydrogen) atoms. The van der Waals surface area contributed by atoms with E-state index in [1.807, 2.05) is 44.2 Å². The van der Waals surface area contributed by atoms with E-state index in [0.717, 1.165) is 22.5 Å². The van der Waals surface area contributed by atoms with Crippen LogP contribution < -0.4 is 4.74 Å². The second kappa shape index (κ2) is 6.89. The van der Waals surface area contributed by atoms with Crippen LogP contribution in [0.1, 0.15) is 19.4 Å². The lowest BCUT2D eigenvalue weighted by Crippen LogP contribution is -1.90. The number of fused-ring (bicyclic) bond motifs is 1. The molecule has 0 spiro atoms. The zero-order valence-corrected chi connectivity index (χ0v) is 13.1. The van der Waals surface area contributed by atoms with Crippen molar-refractivity contribution in [2.24, 2.45) is 0 Å². The fourth-order valence-corrected chi connectivity index (χ4v) is 2.27. The predicted molar refractivity (Wildman–Crippen MR) is 89.8 cm³/mol. The Hall–Kier alpha value is -2.35. The van der Waals surface area contributed by atoms with Crippen molar-refractivity contribution in [3.63, 3.8) is 0 Å². The zero-order valence-electron chi connectivity index (χ0n) is 13.1. The Labute approximate surface area is 126 Å². The molecule has 0 N–H and O–H groups in total. The van der Waals surface area contributed by atoms with Crippen molar-refractivity contribution in [2.75, 3.05) is 7.11 Å². The van der Waals surface area contributed by atoms with Gasteiger partial charge in [0.15, 0.2) is 0 Å². The van der Waals surface area contributed by atoms with E-state index in [9.17, 15) is 0 Å². The standard InChI is InChI=1S/C17H15NO.C2H6/c1-12-10-16(13-6-4-3-5-7-13)18-17-11-14(19-2)8-9-15(12)17;1-2/h3-11H,1-2H3;1-2H3. The molecule has 0 saturated heterocycles. The summed E-state index contributed by atoms with van der Waals surface area (Å²) in [6, 6.07) is 18.4. The fraction of sp³-hybridized carbons (Fsp3) is 0.211. The average molecular weight is 279 g/mol. The van der Waals surface area contributed by atoms with Crippen LogP contribution in [-0.4, -0.2) is 12.1 Å². The molecular formula is C19H21NO. The van der Waals surface area contributed by atoms with E-state index < -0.39 is 0 Å². The van der Waals surface area contributed by atoms with Crippen LogP contribution in [0.25, 0.3) is 22.2 Å². The third-order valence-electron chi connectivity index (χ3n) is 3.29. The SMILES string of the molecule is CC.COc1ccc2c(C)cc(-c3ccccc3)nc2c1. The first-order valence-electron chi connectivity index (χ1n) is 7.29. The number of nitrogens with zero attached hydrogens (tertiary/aromatic N) is 1. The van der Waals surface area contributed by atoms with E-state index in [1.54, 1.807) is 7.11 Å². The molecule has 0 radical (unpaired) electrons. The summed E-state index contributed by atoms with van der Waals surface area (Å²) in [6.45, 7) is 6.11. The molecule has 1 aromatic heterocycles. The molecule has 0 bridgehead atoms. The molecule has 0 fully saturated rings. The molecule has 3 rings (SSSR count). The molecule has 108 valence electrons. The highest BCUT2D eigenvalue weighted by Crippen LogP contribution is 2.26. The van der Waals surface area contributed by atoms with Crippen LogP contribution in [0.15, 0.2) is 54.6 Å². The van der Waals surface area contributed by atoms with Gasteiger partial charge in [-0.3, -0.25) is 0 Å². The quantitative estimate of drug-likeness (QED) is 0.639. The smallest absolute Gasteiger partial charge is 0.121 e. The highest BCUT2D eigenvalue weighted by atomic mass is 16.5. The number of methoxy groups -OCH3 is 1.